The van der Waals surface area contributed by atoms with Gasteiger partial charge < -0.3 is 36.3 Å². The molecule has 0 aliphatic heterocycles. The van der Waals surface area contributed by atoms with Gasteiger partial charge in [0.05, 0.1) is 11.8 Å². The van der Waals surface area contributed by atoms with Crippen LogP contribution in [0.5, 0.6) is 0 Å². The molecule has 5 N–H and O–H groups in total. The van der Waals surface area contributed by atoms with Gasteiger partial charge in [0.1, 0.15) is 18.0 Å². The number of rotatable bonds is 11. The van der Waals surface area contributed by atoms with E-state index in [9.17, 15) is 9.59 Å². The fourth-order valence-corrected chi connectivity index (χ4v) is 3.18. The molecule has 2 rings (SSSR count). The summed E-state index contributed by atoms with van der Waals surface area (Å²) in [6, 6.07) is 5.59. The molecular formula is C27H38N8O3. The SMILES string of the molecule is CCNc1nc(Nc2ccc(C=N)c(NC)c2)ncc1C#CCCCNC(=O)CN(C)C(=O)OC(C)(C)C. The minimum absolute atomic E-state index is 0.0759. The highest BCUT2D eigenvalue weighted by Gasteiger charge is 2.20. The predicted molar refractivity (Wildman–Crippen MR) is 151 cm³/mol. The summed E-state index contributed by atoms with van der Waals surface area (Å²) in [4.78, 5) is 34.2. The van der Waals surface area contributed by atoms with Crippen LogP contribution in [-0.4, -0.2) is 72.4 Å². The molecule has 0 atom stereocenters. The lowest BCUT2D eigenvalue weighted by Gasteiger charge is -2.24. The summed E-state index contributed by atoms with van der Waals surface area (Å²) >= 11 is 0. The molecule has 0 fully saturated rings. The Labute approximate surface area is 224 Å². The smallest absolute Gasteiger partial charge is 0.410 e. The van der Waals surface area contributed by atoms with Gasteiger partial charge in [0, 0.05) is 56.8 Å². The van der Waals surface area contributed by atoms with Crippen LogP contribution in [0.3, 0.4) is 0 Å². The van der Waals surface area contributed by atoms with Crippen LogP contribution in [0.2, 0.25) is 0 Å². The second kappa shape index (κ2) is 14.4. The van der Waals surface area contributed by atoms with Crippen LogP contribution in [0.4, 0.5) is 27.9 Å². The van der Waals surface area contributed by atoms with E-state index in [1.54, 1.807) is 34.0 Å². The average Bonchev–Trinajstić information content (AvgIpc) is 2.86. The Kier molecular flexibility index (Phi) is 11.3. The maximum Gasteiger partial charge on any atom is 0.410 e. The van der Waals surface area contributed by atoms with E-state index in [1.807, 2.05) is 25.1 Å². The molecule has 204 valence electrons. The Morgan fingerprint density at radius 2 is 2.03 bits per heavy atom. The quantitative estimate of drug-likeness (QED) is 0.170. The first-order valence-corrected chi connectivity index (χ1v) is 12.5. The van der Waals surface area contributed by atoms with Crippen molar-refractivity contribution in [1.82, 2.24) is 20.2 Å². The summed E-state index contributed by atoms with van der Waals surface area (Å²) in [5.41, 5.74) is 2.46. The van der Waals surface area contributed by atoms with Gasteiger partial charge in [-0.2, -0.15) is 4.98 Å². The molecular weight excluding hydrogens is 484 g/mol. The molecule has 2 aromatic rings. The third-order valence-electron chi connectivity index (χ3n) is 4.98. The van der Waals surface area contributed by atoms with E-state index in [0.29, 0.717) is 43.3 Å². The molecule has 11 nitrogen and oxygen atoms in total. The number of carbonyl (C=O) groups excluding carboxylic acids is 2. The van der Waals surface area contributed by atoms with Crippen LogP contribution in [0.15, 0.2) is 24.4 Å². The van der Waals surface area contributed by atoms with Gasteiger partial charge in [-0.25, -0.2) is 9.78 Å². The molecule has 0 saturated heterocycles. The van der Waals surface area contributed by atoms with Crippen LogP contribution >= 0.6 is 0 Å². The fourth-order valence-electron chi connectivity index (χ4n) is 3.18. The molecule has 38 heavy (non-hydrogen) atoms. The zero-order valence-electron chi connectivity index (χ0n) is 23.0. The summed E-state index contributed by atoms with van der Waals surface area (Å²) in [6.07, 6.45) is 3.65. The lowest BCUT2D eigenvalue weighted by molar-refractivity contribution is -0.122. The first kappa shape index (κ1) is 29.9. The van der Waals surface area contributed by atoms with Crippen LogP contribution in [0, 0.1) is 17.3 Å². The summed E-state index contributed by atoms with van der Waals surface area (Å²) < 4.78 is 5.24. The van der Waals surface area contributed by atoms with Gasteiger partial charge in [-0.15, -0.1) is 0 Å². The van der Waals surface area contributed by atoms with Crippen LogP contribution in [0.1, 0.15) is 51.7 Å². The minimum atomic E-state index is -0.612. The zero-order valence-corrected chi connectivity index (χ0v) is 23.0. The molecule has 2 amide bonds. The number of unbranched alkanes of at least 4 members (excludes halogenated alkanes) is 1. The summed E-state index contributed by atoms with van der Waals surface area (Å²) in [7, 11) is 3.33. The molecule has 1 aromatic heterocycles. The molecule has 0 aliphatic rings. The Bertz CT molecular complexity index is 1180. The summed E-state index contributed by atoms with van der Waals surface area (Å²) in [5, 5.41) is 19.7. The number of hydrogen-bond acceptors (Lipinski definition) is 9. The number of anilines is 4. The van der Waals surface area contributed by atoms with Gasteiger partial charge in [0.2, 0.25) is 11.9 Å². The number of benzene rings is 1. The lowest BCUT2D eigenvalue weighted by atomic mass is 10.1. The third kappa shape index (κ3) is 9.97. The van der Waals surface area contributed by atoms with E-state index in [4.69, 9.17) is 10.1 Å². The minimum Gasteiger partial charge on any atom is -0.444 e. The highest BCUT2D eigenvalue weighted by atomic mass is 16.6. The van der Waals surface area contributed by atoms with Gasteiger partial charge in [-0.05, 0) is 52.3 Å². The number of ether oxygens (including phenoxy) is 1. The number of nitrogens with zero attached hydrogens (tertiary/aromatic N) is 3. The Morgan fingerprint density at radius 3 is 2.68 bits per heavy atom. The molecule has 0 saturated carbocycles. The number of carbonyl (C=O) groups is 2. The van der Waals surface area contributed by atoms with Crippen molar-refractivity contribution in [2.75, 3.05) is 49.7 Å². The molecule has 0 bridgehead atoms. The highest BCUT2D eigenvalue weighted by molar-refractivity contribution is 5.87. The fraction of sp³-hybridized carbons (Fsp3) is 0.444. The van der Waals surface area contributed by atoms with E-state index in [-0.39, 0.29) is 12.5 Å². The molecule has 0 radical (unpaired) electrons. The predicted octanol–water partition coefficient (Wildman–Crippen LogP) is 3.81. The Morgan fingerprint density at radius 1 is 1.26 bits per heavy atom. The molecule has 11 heteroatoms. The normalized spacial score (nSPS) is 10.5. The zero-order chi connectivity index (χ0) is 28.1. The van der Waals surface area contributed by atoms with Gasteiger partial charge >= 0.3 is 6.09 Å². The second-order valence-electron chi connectivity index (χ2n) is 9.40. The molecule has 0 spiro atoms. The van der Waals surface area contributed by atoms with Crippen molar-refractivity contribution in [3.05, 3.63) is 35.5 Å². The number of likely N-dealkylation sites (N-methyl/N-ethyl adjacent to an activating group) is 1. The lowest BCUT2D eigenvalue weighted by Crippen LogP contribution is -2.41. The van der Waals surface area contributed by atoms with E-state index in [2.05, 4.69) is 43.1 Å². The highest BCUT2D eigenvalue weighted by Crippen LogP contribution is 2.22. The molecule has 1 aromatic carbocycles. The Hall–Kier alpha value is -4.33. The first-order chi connectivity index (χ1) is 18.1. The first-order valence-electron chi connectivity index (χ1n) is 12.5. The molecule has 0 unspecified atom stereocenters. The number of hydrogen-bond donors (Lipinski definition) is 5. The van der Waals surface area contributed by atoms with E-state index >= 15 is 0 Å². The van der Waals surface area contributed by atoms with Crippen LogP contribution in [0.25, 0.3) is 0 Å². The van der Waals surface area contributed by atoms with Gasteiger partial charge in [-0.3, -0.25) is 4.79 Å². The third-order valence-corrected chi connectivity index (χ3v) is 4.98. The van der Waals surface area contributed by atoms with Crippen molar-refractivity contribution in [2.24, 2.45) is 0 Å². The number of amides is 2. The monoisotopic (exact) mass is 522 g/mol. The Balaban J connectivity index is 1.89. The molecule has 0 aliphatic carbocycles. The van der Waals surface area contributed by atoms with Crippen molar-refractivity contribution in [2.45, 2.75) is 46.1 Å². The van der Waals surface area contributed by atoms with Gasteiger partial charge in [-0.1, -0.05) is 11.8 Å². The topological polar surface area (TPSA) is 144 Å². The maximum absolute atomic E-state index is 12.1. The second-order valence-corrected chi connectivity index (χ2v) is 9.40. The van der Waals surface area contributed by atoms with Gasteiger partial charge in [0.25, 0.3) is 0 Å². The van der Waals surface area contributed by atoms with E-state index in [1.165, 1.54) is 18.2 Å². The van der Waals surface area contributed by atoms with E-state index < -0.39 is 11.7 Å². The van der Waals surface area contributed by atoms with Crippen molar-refractivity contribution in [3.63, 3.8) is 0 Å². The van der Waals surface area contributed by atoms with Crippen molar-refractivity contribution in [3.8, 4) is 11.8 Å². The van der Waals surface area contributed by atoms with E-state index in [0.717, 1.165) is 16.9 Å². The number of nitrogens with one attached hydrogen (secondary N) is 5. The summed E-state index contributed by atoms with van der Waals surface area (Å²) in [6.45, 7) is 8.35. The van der Waals surface area contributed by atoms with Crippen molar-refractivity contribution < 1.29 is 14.3 Å². The number of aromatic nitrogens is 2. The van der Waals surface area contributed by atoms with Crippen LogP contribution in [-0.2, 0) is 9.53 Å². The largest absolute Gasteiger partial charge is 0.444 e. The van der Waals surface area contributed by atoms with Crippen molar-refractivity contribution >= 4 is 41.4 Å². The maximum atomic E-state index is 12.1. The van der Waals surface area contributed by atoms with Crippen LogP contribution < -0.4 is 21.3 Å². The summed E-state index contributed by atoms with van der Waals surface area (Å²) in [5.74, 6) is 6.99. The van der Waals surface area contributed by atoms with Gasteiger partial charge in [0.15, 0.2) is 0 Å². The average molecular weight is 523 g/mol. The van der Waals surface area contributed by atoms with Crippen molar-refractivity contribution in [1.29, 1.82) is 5.41 Å². The standard InChI is InChI=1S/C27H38N8O3/c1-7-30-24-20(17-32-25(34-24)33-21-13-12-19(16-28)22(15-21)29-5)11-9-8-10-14-31-23(36)18-35(6)26(37)38-27(2,3)4/h12-13,15-17,28-29H,7-8,10,14,18H2,1-6H3,(H,31,36)(H2,30,32,33,34). The molecule has 1 heterocycles.